The quantitative estimate of drug-likeness (QED) is 0.134. The highest BCUT2D eigenvalue weighted by atomic mass is 32.2. The van der Waals surface area contributed by atoms with Crippen LogP contribution in [0.15, 0.2) is 63.0 Å². The molecule has 4 aromatic rings. The van der Waals surface area contributed by atoms with E-state index in [2.05, 4.69) is 15.2 Å². The second-order valence-electron chi connectivity index (χ2n) is 7.44. The van der Waals surface area contributed by atoms with Gasteiger partial charge in [-0.25, -0.2) is 9.78 Å². The Morgan fingerprint density at radius 2 is 1.86 bits per heavy atom. The molecule has 2 aromatic heterocycles. The Labute approximate surface area is 208 Å². The Morgan fingerprint density at radius 3 is 2.47 bits per heavy atom. The lowest BCUT2D eigenvalue weighted by Crippen LogP contribution is -1.97. The van der Waals surface area contributed by atoms with Gasteiger partial charge in [-0.05, 0) is 54.6 Å². The summed E-state index contributed by atoms with van der Waals surface area (Å²) in [5.74, 6) is 1.11. The Balaban J connectivity index is 1.57. The number of ether oxygens (including phenoxy) is 2. The number of aryl methyl sites for hydroxylation is 1. The number of benzene rings is 2. The van der Waals surface area contributed by atoms with Crippen LogP contribution in [0.2, 0.25) is 0 Å². The van der Waals surface area contributed by atoms with Crippen LogP contribution in [-0.2, 0) is 4.79 Å². The number of hydrogen-bond donors (Lipinski definition) is 2. The summed E-state index contributed by atoms with van der Waals surface area (Å²) in [6.07, 6.45) is 1.36. The van der Waals surface area contributed by atoms with Crippen LogP contribution in [0, 0.1) is 17.0 Å². The van der Waals surface area contributed by atoms with Crippen molar-refractivity contribution in [3.05, 3.63) is 74.9 Å². The van der Waals surface area contributed by atoms with Crippen LogP contribution in [0.3, 0.4) is 0 Å². The summed E-state index contributed by atoms with van der Waals surface area (Å²) >= 11 is 0.851. The van der Waals surface area contributed by atoms with Crippen molar-refractivity contribution in [1.29, 1.82) is 0 Å². The zero-order valence-corrected chi connectivity index (χ0v) is 20.2. The number of nitro benzene ring substituents is 1. The molecule has 2 heterocycles. The van der Waals surface area contributed by atoms with Crippen LogP contribution in [0.4, 0.5) is 5.69 Å². The van der Waals surface area contributed by atoms with Crippen molar-refractivity contribution in [2.75, 3.05) is 14.2 Å². The molecule has 4 rings (SSSR count). The number of aromatic amines is 1. The molecule has 184 valence electrons. The number of non-ortho nitro benzene ring substituents is 1. The predicted molar refractivity (Wildman–Crippen MR) is 132 cm³/mol. The van der Waals surface area contributed by atoms with E-state index in [0.29, 0.717) is 45.5 Å². The van der Waals surface area contributed by atoms with E-state index in [4.69, 9.17) is 13.9 Å². The van der Waals surface area contributed by atoms with Gasteiger partial charge in [-0.15, -0.1) is 5.10 Å². The summed E-state index contributed by atoms with van der Waals surface area (Å²) in [4.78, 5) is 26.7. The second-order valence-corrected chi connectivity index (χ2v) is 8.45. The number of carbonyl (C=O) groups is 1. The van der Waals surface area contributed by atoms with E-state index in [0.717, 1.165) is 11.8 Å². The second kappa shape index (κ2) is 10.4. The van der Waals surface area contributed by atoms with E-state index in [9.17, 15) is 20.0 Å². The Morgan fingerprint density at radius 1 is 1.14 bits per heavy atom. The van der Waals surface area contributed by atoms with Gasteiger partial charge in [0.25, 0.3) is 5.69 Å². The lowest BCUT2D eigenvalue weighted by Gasteiger charge is -2.06. The molecule has 0 fully saturated rings. The first-order valence-corrected chi connectivity index (χ1v) is 11.2. The maximum Gasteiger partial charge on any atom is 0.342 e. The lowest BCUT2D eigenvalue weighted by atomic mass is 10.1. The molecule has 12 heteroatoms. The Bertz CT molecular complexity index is 1450. The summed E-state index contributed by atoms with van der Waals surface area (Å²) in [7, 11) is 3.07. The van der Waals surface area contributed by atoms with Crippen LogP contribution >= 0.6 is 11.8 Å². The number of H-pyrrole nitrogens is 1. The van der Waals surface area contributed by atoms with Crippen molar-refractivity contribution in [2.45, 2.75) is 12.1 Å². The number of nitro groups is 1. The fraction of sp³-hybridized carbons (Fsp3) is 0.125. The van der Waals surface area contributed by atoms with Crippen molar-refractivity contribution >= 4 is 29.5 Å². The number of nitrogens with zero attached hydrogens (tertiary/aromatic N) is 3. The molecule has 2 aromatic carbocycles. The first-order chi connectivity index (χ1) is 17.3. The van der Waals surface area contributed by atoms with Gasteiger partial charge >= 0.3 is 5.97 Å². The smallest absolute Gasteiger partial charge is 0.342 e. The number of nitrogens with one attached hydrogen (secondary N) is 1. The normalized spacial score (nSPS) is 11.4. The molecule has 0 bridgehead atoms. The van der Waals surface area contributed by atoms with E-state index in [1.165, 1.54) is 32.4 Å². The highest BCUT2D eigenvalue weighted by Gasteiger charge is 2.17. The van der Waals surface area contributed by atoms with Crippen LogP contribution < -0.4 is 9.47 Å². The third kappa shape index (κ3) is 5.39. The Kier molecular flexibility index (Phi) is 7.06. The van der Waals surface area contributed by atoms with Gasteiger partial charge in [-0.2, -0.15) is 0 Å². The van der Waals surface area contributed by atoms with Crippen molar-refractivity contribution in [1.82, 2.24) is 15.2 Å². The SMILES string of the molecule is COc1cc(OC)cc(-c2nc(S/C(=C\c3ccc(-c4ccc([N+](=O)[O-])cc4C)o3)C(=O)O)n[nH]2)c1. The van der Waals surface area contributed by atoms with Crippen molar-refractivity contribution in [3.63, 3.8) is 0 Å². The number of methoxy groups -OCH3 is 2. The molecular formula is C24H20N4O7S. The van der Waals surface area contributed by atoms with Crippen LogP contribution in [0.1, 0.15) is 11.3 Å². The minimum Gasteiger partial charge on any atom is -0.497 e. The highest BCUT2D eigenvalue weighted by Crippen LogP contribution is 2.33. The first-order valence-electron chi connectivity index (χ1n) is 10.4. The minimum atomic E-state index is -1.18. The molecular weight excluding hydrogens is 488 g/mol. The van der Waals surface area contributed by atoms with Gasteiger partial charge in [0.1, 0.15) is 27.9 Å². The monoisotopic (exact) mass is 508 g/mol. The largest absolute Gasteiger partial charge is 0.497 e. The molecule has 0 aliphatic carbocycles. The predicted octanol–water partition coefficient (Wildman–Crippen LogP) is 5.18. The summed E-state index contributed by atoms with van der Waals surface area (Å²) < 4.78 is 16.3. The van der Waals surface area contributed by atoms with Gasteiger partial charge < -0.3 is 19.0 Å². The van der Waals surface area contributed by atoms with Crippen LogP contribution in [0.5, 0.6) is 11.5 Å². The zero-order chi connectivity index (χ0) is 25.8. The number of hydrogen-bond acceptors (Lipinski definition) is 9. The number of thioether (sulfide) groups is 1. The van der Waals surface area contributed by atoms with Gasteiger partial charge in [-0.3, -0.25) is 15.2 Å². The van der Waals surface area contributed by atoms with Gasteiger partial charge in [0.2, 0.25) is 5.16 Å². The summed E-state index contributed by atoms with van der Waals surface area (Å²) in [6.45, 7) is 1.73. The number of carboxylic acids is 1. The average molecular weight is 509 g/mol. The molecule has 0 atom stereocenters. The molecule has 0 radical (unpaired) electrons. The van der Waals surface area contributed by atoms with E-state index >= 15 is 0 Å². The fourth-order valence-electron chi connectivity index (χ4n) is 3.34. The van der Waals surface area contributed by atoms with Gasteiger partial charge in [-0.1, -0.05) is 0 Å². The van der Waals surface area contributed by atoms with Gasteiger partial charge in [0.15, 0.2) is 5.82 Å². The maximum atomic E-state index is 11.9. The standard InChI is InChI=1S/C24H20N4O7S/c1-13-8-15(28(31)32)4-6-19(13)20-7-5-16(35-20)12-21(23(29)30)36-24-25-22(26-27-24)14-9-17(33-2)11-18(10-14)34-3/h4-12H,1-3H3,(H,29,30)(H,25,26,27)/b21-12-. The molecule has 36 heavy (non-hydrogen) atoms. The van der Waals surface area contributed by atoms with Gasteiger partial charge in [0.05, 0.1) is 19.1 Å². The number of aliphatic carboxylic acids is 1. The highest BCUT2D eigenvalue weighted by molar-refractivity contribution is 8.04. The first kappa shape index (κ1) is 24.5. The van der Waals surface area contributed by atoms with Crippen molar-refractivity contribution in [3.8, 4) is 34.2 Å². The van der Waals surface area contributed by atoms with Crippen LogP contribution in [0.25, 0.3) is 28.8 Å². The van der Waals surface area contributed by atoms with Crippen molar-refractivity contribution in [2.24, 2.45) is 0 Å². The molecule has 0 aliphatic heterocycles. The molecule has 0 unspecified atom stereocenters. The zero-order valence-electron chi connectivity index (χ0n) is 19.3. The van der Waals surface area contributed by atoms with Gasteiger partial charge in [0, 0.05) is 35.4 Å². The lowest BCUT2D eigenvalue weighted by molar-refractivity contribution is -0.384. The summed E-state index contributed by atoms with van der Waals surface area (Å²) in [5, 5.41) is 27.8. The van der Waals surface area contributed by atoms with Crippen LogP contribution in [-0.4, -0.2) is 45.4 Å². The molecule has 11 nitrogen and oxygen atoms in total. The topological polar surface area (TPSA) is 154 Å². The number of rotatable bonds is 9. The maximum absolute atomic E-state index is 11.9. The number of aromatic nitrogens is 3. The molecule has 2 N–H and O–H groups in total. The average Bonchev–Trinajstić information content (AvgIpc) is 3.53. The fourth-order valence-corrected chi connectivity index (χ4v) is 4.03. The minimum absolute atomic E-state index is 0.0225. The van der Waals surface area contributed by atoms with E-state index in [-0.39, 0.29) is 15.7 Å². The van der Waals surface area contributed by atoms with E-state index < -0.39 is 10.9 Å². The molecule has 0 spiro atoms. The summed E-state index contributed by atoms with van der Waals surface area (Å²) in [6, 6.07) is 12.9. The molecule has 0 aliphatic rings. The third-order valence-corrected chi connectivity index (χ3v) is 5.97. The van der Waals surface area contributed by atoms with Crippen molar-refractivity contribution < 1.29 is 28.7 Å². The van der Waals surface area contributed by atoms with E-state index in [1.807, 2.05) is 0 Å². The third-order valence-electron chi connectivity index (χ3n) is 5.09. The molecule has 0 saturated carbocycles. The number of furan rings is 1. The molecule has 0 amide bonds. The van der Waals surface area contributed by atoms with E-state index in [1.54, 1.807) is 43.3 Å². The number of carboxylic acid groups (broad SMARTS) is 1. The summed E-state index contributed by atoms with van der Waals surface area (Å²) in [5.41, 5.74) is 1.95. The molecule has 0 saturated heterocycles. The Hall–Kier alpha value is -4.58.